The molecule has 0 saturated heterocycles. The minimum absolute atomic E-state index is 0.104. The normalized spacial score (nSPS) is 11.2. The van der Waals surface area contributed by atoms with Crippen LogP contribution in [0.5, 0.6) is 0 Å². The molecule has 1 heterocycles. The molecule has 0 aliphatic carbocycles. The van der Waals surface area contributed by atoms with Crippen molar-refractivity contribution in [3.63, 3.8) is 0 Å². The molecule has 0 aliphatic rings. The van der Waals surface area contributed by atoms with E-state index in [9.17, 15) is 13.2 Å². The first-order chi connectivity index (χ1) is 11.0. The van der Waals surface area contributed by atoms with E-state index in [0.29, 0.717) is 16.8 Å². The molecule has 1 aromatic heterocycles. The largest absolute Gasteiger partial charge is 0.417 e. The summed E-state index contributed by atoms with van der Waals surface area (Å²) in [5.41, 5.74) is 0.947. The van der Waals surface area contributed by atoms with Crippen molar-refractivity contribution in [1.29, 1.82) is 5.26 Å². The van der Waals surface area contributed by atoms with Crippen LogP contribution in [0, 0.1) is 11.3 Å². The molecule has 23 heavy (non-hydrogen) atoms. The van der Waals surface area contributed by atoms with Gasteiger partial charge in [0, 0.05) is 5.56 Å². The quantitative estimate of drug-likeness (QED) is 0.776. The summed E-state index contributed by atoms with van der Waals surface area (Å²) in [6.45, 7) is 0. The molecule has 0 aliphatic heterocycles. The molecule has 3 rings (SSSR count). The molecule has 0 radical (unpaired) electrons. The molecule has 0 unspecified atom stereocenters. The Bertz CT molecular complexity index is 873. The third-order valence-electron chi connectivity index (χ3n) is 3.36. The van der Waals surface area contributed by atoms with Crippen molar-refractivity contribution in [3.8, 4) is 28.5 Å². The summed E-state index contributed by atoms with van der Waals surface area (Å²) >= 11 is 0. The van der Waals surface area contributed by atoms with Gasteiger partial charge in [0.1, 0.15) is 11.8 Å². The number of halogens is 3. The van der Waals surface area contributed by atoms with Gasteiger partial charge in [-0.2, -0.15) is 28.7 Å². The van der Waals surface area contributed by atoms with Crippen molar-refractivity contribution >= 4 is 0 Å². The number of H-pyrrole nitrogens is 1. The number of aromatic amines is 1. The second kappa shape index (κ2) is 5.57. The number of benzene rings is 2. The highest BCUT2D eigenvalue weighted by molar-refractivity contribution is 5.72. The second-order valence-corrected chi connectivity index (χ2v) is 4.75. The van der Waals surface area contributed by atoms with Gasteiger partial charge in [-0.05, 0) is 17.2 Å². The fourth-order valence-corrected chi connectivity index (χ4v) is 2.30. The Morgan fingerprint density at radius 2 is 1.57 bits per heavy atom. The topological polar surface area (TPSA) is 65.4 Å². The van der Waals surface area contributed by atoms with Gasteiger partial charge in [-0.15, -0.1) is 5.10 Å². The minimum atomic E-state index is -4.42. The van der Waals surface area contributed by atoms with Crippen LogP contribution in [0.4, 0.5) is 13.2 Å². The SMILES string of the molecule is N#Cc1n[nH]nc1-c1ccc(-c2ccccc2C(F)(F)F)cc1. The first-order valence-corrected chi connectivity index (χ1v) is 6.58. The molecule has 2 aromatic carbocycles. The van der Waals surface area contributed by atoms with Crippen LogP contribution >= 0.6 is 0 Å². The Balaban J connectivity index is 2.03. The number of rotatable bonds is 2. The van der Waals surface area contributed by atoms with E-state index in [1.807, 2.05) is 6.07 Å². The molecule has 4 nitrogen and oxygen atoms in total. The van der Waals surface area contributed by atoms with Gasteiger partial charge in [0.05, 0.1) is 5.56 Å². The average Bonchev–Trinajstić information content (AvgIpc) is 3.03. The van der Waals surface area contributed by atoms with Crippen molar-refractivity contribution in [2.45, 2.75) is 6.18 Å². The van der Waals surface area contributed by atoms with Gasteiger partial charge in [0.15, 0.2) is 5.69 Å². The molecule has 0 saturated carbocycles. The van der Waals surface area contributed by atoms with Gasteiger partial charge in [-0.1, -0.05) is 42.5 Å². The van der Waals surface area contributed by atoms with Crippen molar-refractivity contribution in [2.24, 2.45) is 0 Å². The van der Waals surface area contributed by atoms with Crippen LogP contribution in [-0.2, 0) is 6.18 Å². The van der Waals surface area contributed by atoms with Crippen LogP contribution < -0.4 is 0 Å². The number of hydrogen-bond donors (Lipinski definition) is 1. The highest BCUT2D eigenvalue weighted by Gasteiger charge is 2.33. The standard InChI is InChI=1S/C16H9F3N4/c17-16(18,19)13-4-2-1-3-12(13)10-5-7-11(8-6-10)15-14(9-20)21-23-22-15/h1-8H,(H,21,22,23). The zero-order chi connectivity index (χ0) is 16.4. The highest BCUT2D eigenvalue weighted by Crippen LogP contribution is 2.37. The maximum Gasteiger partial charge on any atom is 0.417 e. The summed E-state index contributed by atoms with van der Waals surface area (Å²) in [7, 11) is 0. The van der Waals surface area contributed by atoms with Gasteiger partial charge >= 0.3 is 6.18 Å². The lowest BCUT2D eigenvalue weighted by Gasteiger charge is -2.13. The Morgan fingerprint density at radius 1 is 0.913 bits per heavy atom. The predicted molar refractivity (Wildman–Crippen MR) is 77.0 cm³/mol. The lowest BCUT2D eigenvalue weighted by atomic mass is 9.97. The third-order valence-corrected chi connectivity index (χ3v) is 3.36. The Labute approximate surface area is 129 Å². The molecule has 0 atom stereocenters. The lowest BCUT2D eigenvalue weighted by molar-refractivity contribution is -0.137. The number of alkyl halides is 3. The highest BCUT2D eigenvalue weighted by atomic mass is 19.4. The average molecular weight is 314 g/mol. The van der Waals surface area contributed by atoms with Crippen molar-refractivity contribution < 1.29 is 13.2 Å². The van der Waals surface area contributed by atoms with Gasteiger partial charge in [-0.25, -0.2) is 0 Å². The maximum absolute atomic E-state index is 13.1. The summed E-state index contributed by atoms with van der Waals surface area (Å²) in [6.07, 6.45) is -4.42. The summed E-state index contributed by atoms with van der Waals surface area (Å²) in [6, 6.07) is 13.6. The molecule has 0 spiro atoms. The van der Waals surface area contributed by atoms with Gasteiger partial charge in [0.2, 0.25) is 0 Å². The molecule has 0 fully saturated rings. The second-order valence-electron chi connectivity index (χ2n) is 4.75. The van der Waals surface area contributed by atoms with Gasteiger partial charge in [-0.3, -0.25) is 0 Å². The van der Waals surface area contributed by atoms with Crippen molar-refractivity contribution in [3.05, 3.63) is 59.8 Å². The van der Waals surface area contributed by atoms with E-state index >= 15 is 0 Å². The van der Waals surface area contributed by atoms with E-state index in [1.54, 1.807) is 30.3 Å². The van der Waals surface area contributed by atoms with Crippen LogP contribution in [0.25, 0.3) is 22.4 Å². The third kappa shape index (κ3) is 2.79. The first-order valence-electron chi connectivity index (χ1n) is 6.58. The summed E-state index contributed by atoms with van der Waals surface area (Å²) in [5.74, 6) is 0. The van der Waals surface area contributed by atoms with E-state index in [4.69, 9.17) is 5.26 Å². The molecule has 7 heteroatoms. The van der Waals surface area contributed by atoms with Crippen LogP contribution in [-0.4, -0.2) is 15.4 Å². The predicted octanol–water partition coefficient (Wildman–Crippen LogP) is 4.03. The number of nitrogens with one attached hydrogen (secondary N) is 1. The molecule has 1 N–H and O–H groups in total. The molecule has 114 valence electrons. The van der Waals surface area contributed by atoms with Crippen molar-refractivity contribution in [2.75, 3.05) is 0 Å². The molecule has 0 amide bonds. The Kier molecular flexibility index (Phi) is 3.58. The van der Waals surface area contributed by atoms with Crippen molar-refractivity contribution in [1.82, 2.24) is 15.4 Å². The molecular weight excluding hydrogens is 305 g/mol. The Hall–Kier alpha value is -3.14. The van der Waals surface area contributed by atoms with E-state index in [2.05, 4.69) is 15.4 Å². The molecular formula is C16H9F3N4. The fraction of sp³-hybridized carbons (Fsp3) is 0.0625. The summed E-state index contributed by atoms with van der Waals surface area (Å²) < 4.78 is 39.2. The maximum atomic E-state index is 13.1. The zero-order valence-corrected chi connectivity index (χ0v) is 11.6. The van der Waals surface area contributed by atoms with E-state index in [0.717, 1.165) is 6.07 Å². The van der Waals surface area contributed by atoms with Crippen LogP contribution in [0.2, 0.25) is 0 Å². The van der Waals surface area contributed by atoms with Crippen LogP contribution in [0.15, 0.2) is 48.5 Å². The Morgan fingerprint density at radius 3 is 2.22 bits per heavy atom. The number of nitrogens with zero attached hydrogens (tertiary/aromatic N) is 3. The van der Waals surface area contributed by atoms with Crippen LogP contribution in [0.1, 0.15) is 11.3 Å². The fourth-order valence-electron chi connectivity index (χ4n) is 2.30. The van der Waals surface area contributed by atoms with Gasteiger partial charge < -0.3 is 0 Å². The summed E-state index contributed by atoms with van der Waals surface area (Å²) in [5, 5.41) is 18.9. The molecule has 3 aromatic rings. The van der Waals surface area contributed by atoms with Gasteiger partial charge in [0.25, 0.3) is 0 Å². The number of hydrogen-bond acceptors (Lipinski definition) is 3. The lowest BCUT2D eigenvalue weighted by Crippen LogP contribution is -2.06. The number of aromatic nitrogens is 3. The summed E-state index contributed by atoms with van der Waals surface area (Å²) in [4.78, 5) is 0. The van der Waals surface area contributed by atoms with E-state index in [1.165, 1.54) is 12.1 Å². The first kappa shape index (κ1) is 14.8. The molecule has 0 bridgehead atoms. The smallest absolute Gasteiger partial charge is 0.196 e. The van der Waals surface area contributed by atoms with E-state index < -0.39 is 11.7 Å². The minimum Gasteiger partial charge on any atom is -0.196 e. The zero-order valence-electron chi connectivity index (χ0n) is 11.6. The monoisotopic (exact) mass is 314 g/mol. The number of nitriles is 1. The van der Waals surface area contributed by atoms with Crippen LogP contribution in [0.3, 0.4) is 0 Å². The van der Waals surface area contributed by atoms with E-state index in [-0.39, 0.29) is 11.3 Å².